The molecule has 3 atom stereocenters. The lowest BCUT2D eigenvalue weighted by molar-refractivity contribution is 0.151. The molecule has 0 aromatic heterocycles. The Morgan fingerprint density at radius 1 is 1.21 bits per heavy atom. The first-order chi connectivity index (χ1) is 6.61. The van der Waals surface area contributed by atoms with Crippen LogP contribution < -0.4 is 0 Å². The summed E-state index contributed by atoms with van der Waals surface area (Å²) in [5.74, 6) is 2.55. The highest BCUT2D eigenvalue weighted by Gasteiger charge is 2.43. The number of hydrogen-bond donors (Lipinski definition) is 0. The van der Waals surface area contributed by atoms with Gasteiger partial charge in [0.25, 0.3) is 0 Å². The molecule has 2 aliphatic rings. The van der Waals surface area contributed by atoms with Gasteiger partial charge in [-0.05, 0) is 38.0 Å². The van der Waals surface area contributed by atoms with Crippen LogP contribution in [-0.2, 0) is 0 Å². The van der Waals surface area contributed by atoms with Crippen molar-refractivity contribution in [1.29, 1.82) is 0 Å². The van der Waals surface area contributed by atoms with E-state index in [0.29, 0.717) is 6.04 Å². The number of rotatable bonds is 2. The SMILES string of the molecule is CC(C)C1C2C=CCC2CN1C(C)C. The average Bonchev–Trinajstić information content (AvgIpc) is 2.58. The van der Waals surface area contributed by atoms with Crippen molar-refractivity contribution in [2.75, 3.05) is 6.54 Å². The molecule has 80 valence electrons. The van der Waals surface area contributed by atoms with E-state index in [1.165, 1.54) is 13.0 Å². The molecule has 1 heteroatoms. The summed E-state index contributed by atoms with van der Waals surface area (Å²) in [4.78, 5) is 2.71. The van der Waals surface area contributed by atoms with Gasteiger partial charge in [0.2, 0.25) is 0 Å². The number of fused-ring (bicyclic) bond motifs is 1. The quantitative estimate of drug-likeness (QED) is 0.609. The van der Waals surface area contributed by atoms with Crippen LogP contribution in [0.3, 0.4) is 0 Å². The molecule has 3 unspecified atom stereocenters. The van der Waals surface area contributed by atoms with Crippen LogP contribution in [0.5, 0.6) is 0 Å². The topological polar surface area (TPSA) is 3.24 Å². The zero-order valence-corrected chi connectivity index (χ0v) is 9.90. The minimum Gasteiger partial charge on any atom is -0.297 e. The zero-order chi connectivity index (χ0) is 10.3. The number of allylic oxidation sites excluding steroid dienone is 1. The summed E-state index contributed by atoms with van der Waals surface area (Å²) >= 11 is 0. The fraction of sp³-hybridized carbons (Fsp3) is 0.846. The third kappa shape index (κ3) is 1.52. The Hall–Kier alpha value is -0.300. The molecule has 14 heavy (non-hydrogen) atoms. The molecule has 0 aromatic rings. The molecule has 1 nitrogen and oxygen atoms in total. The molecule has 1 aliphatic carbocycles. The summed E-state index contributed by atoms with van der Waals surface area (Å²) in [6, 6.07) is 1.50. The van der Waals surface area contributed by atoms with Crippen molar-refractivity contribution in [2.24, 2.45) is 17.8 Å². The first-order valence-corrected chi connectivity index (χ1v) is 6.03. The summed E-state index contributed by atoms with van der Waals surface area (Å²) in [6.07, 6.45) is 6.18. The molecule has 0 amide bonds. The van der Waals surface area contributed by atoms with E-state index in [4.69, 9.17) is 0 Å². The molecule has 0 spiro atoms. The third-order valence-corrected chi connectivity index (χ3v) is 3.91. The molecule has 0 saturated carbocycles. The lowest BCUT2D eigenvalue weighted by Gasteiger charge is -2.33. The van der Waals surface area contributed by atoms with Gasteiger partial charge in [0.15, 0.2) is 0 Å². The summed E-state index contributed by atoms with van der Waals surface area (Å²) in [7, 11) is 0. The Labute approximate surface area is 88.2 Å². The molecule has 2 rings (SSSR count). The third-order valence-electron chi connectivity index (χ3n) is 3.91. The van der Waals surface area contributed by atoms with E-state index in [-0.39, 0.29) is 0 Å². The smallest absolute Gasteiger partial charge is 0.0187 e. The monoisotopic (exact) mass is 193 g/mol. The van der Waals surface area contributed by atoms with Crippen molar-refractivity contribution in [3.63, 3.8) is 0 Å². The predicted octanol–water partition coefficient (Wildman–Crippen LogP) is 2.93. The Balaban J connectivity index is 2.17. The number of likely N-dealkylation sites (tertiary alicyclic amines) is 1. The molecule has 1 aliphatic heterocycles. The van der Waals surface area contributed by atoms with Crippen molar-refractivity contribution in [2.45, 2.75) is 46.2 Å². The normalized spacial score (nSPS) is 37.4. The van der Waals surface area contributed by atoms with Crippen LogP contribution in [0.1, 0.15) is 34.1 Å². The van der Waals surface area contributed by atoms with Crippen molar-refractivity contribution < 1.29 is 0 Å². The second kappa shape index (κ2) is 3.69. The van der Waals surface area contributed by atoms with Gasteiger partial charge in [-0.1, -0.05) is 26.0 Å². The summed E-state index contributed by atoms with van der Waals surface area (Å²) in [6.45, 7) is 10.7. The first-order valence-electron chi connectivity index (χ1n) is 6.03. The van der Waals surface area contributed by atoms with Gasteiger partial charge >= 0.3 is 0 Å². The fourth-order valence-corrected chi connectivity index (χ4v) is 3.31. The summed E-state index contributed by atoms with van der Waals surface area (Å²) in [5.41, 5.74) is 0. The highest BCUT2D eigenvalue weighted by atomic mass is 15.2. The van der Waals surface area contributed by atoms with Gasteiger partial charge in [-0.25, -0.2) is 0 Å². The molecule has 1 saturated heterocycles. The second-order valence-electron chi connectivity index (χ2n) is 5.53. The van der Waals surface area contributed by atoms with Crippen LogP contribution in [0, 0.1) is 17.8 Å². The Bertz CT molecular complexity index is 229. The van der Waals surface area contributed by atoms with Gasteiger partial charge in [-0.2, -0.15) is 0 Å². The fourth-order valence-electron chi connectivity index (χ4n) is 3.31. The number of nitrogens with zero attached hydrogens (tertiary/aromatic N) is 1. The zero-order valence-electron chi connectivity index (χ0n) is 9.90. The molecular weight excluding hydrogens is 170 g/mol. The Kier molecular flexibility index (Phi) is 2.70. The molecule has 1 heterocycles. The Morgan fingerprint density at radius 2 is 1.93 bits per heavy atom. The molecule has 1 fully saturated rings. The number of hydrogen-bond acceptors (Lipinski definition) is 1. The highest BCUT2D eigenvalue weighted by Crippen LogP contribution is 2.41. The summed E-state index contributed by atoms with van der Waals surface area (Å²) < 4.78 is 0. The van der Waals surface area contributed by atoms with Crippen LogP contribution >= 0.6 is 0 Å². The lowest BCUT2D eigenvalue weighted by Crippen LogP contribution is -2.40. The predicted molar refractivity (Wildman–Crippen MR) is 61.2 cm³/mol. The average molecular weight is 193 g/mol. The molecule has 0 radical (unpaired) electrons. The first kappa shape index (κ1) is 10.2. The van der Waals surface area contributed by atoms with Gasteiger partial charge in [0.05, 0.1) is 0 Å². The Morgan fingerprint density at radius 3 is 2.50 bits per heavy atom. The van der Waals surface area contributed by atoms with E-state index >= 15 is 0 Å². The molecular formula is C13H23N. The van der Waals surface area contributed by atoms with Crippen molar-refractivity contribution >= 4 is 0 Å². The van der Waals surface area contributed by atoms with Gasteiger partial charge < -0.3 is 0 Å². The van der Waals surface area contributed by atoms with E-state index in [2.05, 4.69) is 44.7 Å². The molecule has 0 N–H and O–H groups in total. The maximum atomic E-state index is 2.71. The van der Waals surface area contributed by atoms with E-state index in [9.17, 15) is 0 Å². The molecule has 0 bridgehead atoms. The van der Waals surface area contributed by atoms with Crippen LogP contribution in [0.25, 0.3) is 0 Å². The maximum absolute atomic E-state index is 2.71. The summed E-state index contributed by atoms with van der Waals surface area (Å²) in [5, 5.41) is 0. The van der Waals surface area contributed by atoms with Gasteiger partial charge in [-0.3, -0.25) is 4.90 Å². The van der Waals surface area contributed by atoms with E-state index in [1.54, 1.807) is 0 Å². The van der Waals surface area contributed by atoms with E-state index in [0.717, 1.165) is 23.8 Å². The van der Waals surface area contributed by atoms with E-state index in [1.807, 2.05) is 0 Å². The largest absolute Gasteiger partial charge is 0.297 e. The van der Waals surface area contributed by atoms with Crippen LogP contribution in [0.2, 0.25) is 0 Å². The minimum absolute atomic E-state index is 0.710. The lowest BCUT2D eigenvalue weighted by atomic mass is 9.87. The van der Waals surface area contributed by atoms with Crippen molar-refractivity contribution in [3.05, 3.63) is 12.2 Å². The highest BCUT2D eigenvalue weighted by molar-refractivity contribution is 5.11. The van der Waals surface area contributed by atoms with Gasteiger partial charge in [0.1, 0.15) is 0 Å². The van der Waals surface area contributed by atoms with Gasteiger partial charge in [0, 0.05) is 18.6 Å². The minimum atomic E-state index is 0.710. The van der Waals surface area contributed by atoms with E-state index < -0.39 is 0 Å². The van der Waals surface area contributed by atoms with Crippen LogP contribution in [-0.4, -0.2) is 23.5 Å². The van der Waals surface area contributed by atoms with Crippen molar-refractivity contribution in [3.8, 4) is 0 Å². The van der Waals surface area contributed by atoms with Crippen LogP contribution in [0.15, 0.2) is 12.2 Å². The standard InChI is InChI=1S/C13H23N/c1-9(2)13-12-7-5-6-11(12)8-14(13)10(3)4/h5,7,9-13H,6,8H2,1-4H3. The molecule has 0 aromatic carbocycles. The van der Waals surface area contributed by atoms with Crippen molar-refractivity contribution in [1.82, 2.24) is 4.90 Å². The second-order valence-corrected chi connectivity index (χ2v) is 5.53. The van der Waals surface area contributed by atoms with Gasteiger partial charge in [-0.15, -0.1) is 0 Å². The maximum Gasteiger partial charge on any atom is 0.0187 e. The van der Waals surface area contributed by atoms with Crippen LogP contribution in [0.4, 0.5) is 0 Å².